The largest absolute Gasteiger partial charge is 0.394 e. The van der Waals surface area contributed by atoms with Crippen LogP contribution in [0.2, 0.25) is 0 Å². The van der Waals surface area contributed by atoms with E-state index in [1.165, 1.54) is 64.6 Å². The molecule has 0 aromatic carbocycles. The van der Waals surface area contributed by atoms with E-state index >= 15 is 0 Å². The van der Waals surface area contributed by atoms with Gasteiger partial charge in [-0.2, -0.15) is 0 Å². The van der Waals surface area contributed by atoms with Crippen molar-refractivity contribution in [1.82, 2.24) is 10.2 Å². The average molecular weight is 254 g/mol. The van der Waals surface area contributed by atoms with Gasteiger partial charge in [0.25, 0.3) is 0 Å². The van der Waals surface area contributed by atoms with Crippen molar-refractivity contribution in [3.05, 3.63) is 0 Å². The first kappa shape index (κ1) is 14.3. The van der Waals surface area contributed by atoms with Gasteiger partial charge in [0.15, 0.2) is 0 Å². The number of aliphatic hydroxyl groups is 1. The van der Waals surface area contributed by atoms with Gasteiger partial charge in [0.05, 0.1) is 6.61 Å². The minimum absolute atomic E-state index is 0.0486. The summed E-state index contributed by atoms with van der Waals surface area (Å²) in [6, 6.07) is 0.681. The van der Waals surface area contributed by atoms with E-state index in [1.807, 2.05) is 0 Å². The van der Waals surface area contributed by atoms with Crippen LogP contribution >= 0.6 is 0 Å². The van der Waals surface area contributed by atoms with Crippen LogP contribution < -0.4 is 5.32 Å². The third kappa shape index (κ3) is 4.87. The second-order valence-electron chi connectivity index (χ2n) is 6.50. The molecular weight excluding hydrogens is 224 g/mol. The maximum atomic E-state index is 9.57. The van der Waals surface area contributed by atoms with Crippen molar-refractivity contribution < 1.29 is 5.11 Å². The van der Waals surface area contributed by atoms with E-state index < -0.39 is 0 Å². The zero-order valence-electron chi connectivity index (χ0n) is 12.0. The Kier molecular flexibility index (Phi) is 5.46. The fourth-order valence-electron chi connectivity index (χ4n) is 2.97. The smallest absolute Gasteiger partial charge is 0.0610 e. The van der Waals surface area contributed by atoms with Crippen molar-refractivity contribution >= 4 is 0 Å². The lowest BCUT2D eigenvalue weighted by molar-refractivity contribution is 0.155. The first-order valence-corrected chi connectivity index (χ1v) is 7.83. The summed E-state index contributed by atoms with van der Waals surface area (Å²) < 4.78 is 0. The number of nitrogens with zero attached hydrogens (tertiary/aromatic N) is 1. The molecule has 2 fully saturated rings. The number of nitrogens with one attached hydrogen (secondary N) is 1. The molecule has 0 radical (unpaired) electrons. The fraction of sp³-hybridized carbons (Fsp3) is 1.00. The lowest BCUT2D eigenvalue weighted by Gasteiger charge is -2.30. The molecule has 1 heterocycles. The number of rotatable bonds is 7. The molecule has 0 aromatic heterocycles. The number of likely N-dealkylation sites (tertiary alicyclic amines) is 1. The summed E-state index contributed by atoms with van der Waals surface area (Å²) in [5.41, 5.74) is -0.0486. The topological polar surface area (TPSA) is 35.5 Å². The molecule has 1 aliphatic carbocycles. The molecule has 3 heteroatoms. The molecule has 1 aliphatic heterocycles. The predicted octanol–water partition coefficient (Wildman–Crippen LogP) is 2.15. The Bertz CT molecular complexity index is 235. The quantitative estimate of drug-likeness (QED) is 0.731. The summed E-state index contributed by atoms with van der Waals surface area (Å²) in [7, 11) is 0. The molecule has 18 heavy (non-hydrogen) atoms. The molecule has 1 saturated carbocycles. The highest BCUT2D eigenvalue weighted by Gasteiger charge is 2.31. The summed E-state index contributed by atoms with van der Waals surface area (Å²) in [5, 5.41) is 13.2. The van der Waals surface area contributed by atoms with Gasteiger partial charge in [0.1, 0.15) is 0 Å². The molecule has 2 aliphatic rings. The maximum Gasteiger partial charge on any atom is 0.0610 e. The SMILES string of the molecule is CC(CO)(CCCN1CCCCCC1)NC1CC1. The van der Waals surface area contributed by atoms with Gasteiger partial charge < -0.3 is 15.3 Å². The van der Waals surface area contributed by atoms with Crippen molar-refractivity contribution in [3.8, 4) is 0 Å². The monoisotopic (exact) mass is 254 g/mol. The molecule has 1 unspecified atom stereocenters. The van der Waals surface area contributed by atoms with Gasteiger partial charge in [-0.25, -0.2) is 0 Å². The minimum atomic E-state index is -0.0486. The second kappa shape index (κ2) is 6.88. The zero-order chi connectivity index (χ0) is 12.8. The van der Waals surface area contributed by atoms with Crippen molar-refractivity contribution in [3.63, 3.8) is 0 Å². The first-order chi connectivity index (χ1) is 8.72. The Labute approximate surface area is 112 Å². The Morgan fingerprint density at radius 1 is 1.17 bits per heavy atom. The van der Waals surface area contributed by atoms with Crippen LogP contribution in [-0.4, -0.2) is 47.8 Å². The van der Waals surface area contributed by atoms with Gasteiger partial charge in [-0.1, -0.05) is 12.8 Å². The lowest BCUT2D eigenvalue weighted by Crippen LogP contribution is -2.47. The van der Waals surface area contributed by atoms with E-state index in [0.717, 1.165) is 6.42 Å². The molecule has 2 N–H and O–H groups in total. The summed E-state index contributed by atoms with van der Waals surface area (Å²) in [6.07, 6.45) is 10.5. The van der Waals surface area contributed by atoms with E-state index in [4.69, 9.17) is 0 Å². The van der Waals surface area contributed by atoms with Gasteiger partial charge in [-0.3, -0.25) is 0 Å². The Hall–Kier alpha value is -0.120. The number of hydrogen-bond acceptors (Lipinski definition) is 3. The normalized spacial score (nSPS) is 25.7. The van der Waals surface area contributed by atoms with Crippen molar-refractivity contribution in [2.24, 2.45) is 0 Å². The molecule has 1 saturated heterocycles. The van der Waals surface area contributed by atoms with Gasteiger partial charge in [0, 0.05) is 11.6 Å². The predicted molar refractivity (Wildman–Crippen MR) is 75.8 cm³/mol. The molecule has 3 nitrogen and oxygen atoms in total. The first-order valence-electron chi connectivity index (χ1n) is 7.83. The molecular formula is C15H30N2O. The molecule has 0 bridgehead atoms. The lowest BCUT2D eigenvalue weighted by atomic mass is 9.96. The highest BCUT2D eigenvalue weighted by Crippen LogP contribution is 2.24. The van der Waals surface area contributed by atoms with E-state index in [2.05, 4.69) is 17.1 Å². The number of hydrogen-bond donors (Lipinski definition) is 2. The molecule has 0 spiro atoms. The molecule has 2 rings (SSSR count). The van der Waals surface area contributed by atoms with Crippen LogP contribution in [0.1, 0.15) is 58.3 Å². The van der Waals surface area contributed by atoms with Crippen LogP contribution in [0.5, 0.6) is 0 Å². The molecule has 1 atom stereocenters. The summed E-state index contributed by atoms with van der Waals surface area (Å²) in [5.74, 6) is 0. The summed E-state index contributed by atoms with van der Waals surface area (Å²) >= 11 is 0. The van der Waals surface area contributed by atoms with Gasteiger partial charge in [-0.05, 0) is 65.1 Å². The number of aliphatic hydroxyl groups excluding tert-OH is 1. The highest BCUT2D eigenvalue weighted by molar-refractivity contribution is 4.92. The summed E-state index contributed by atoms with van der Waals surface area (Å²) in [6.45, 7) is 6.22. The fourth-order valence-corrected chi connectivity index (χ4v) is 2.97. The van der Waals surface area contributed by atoms with E-state index in [1.54, 1.807) is 0 Å². The van der Waals surface area contributed by atoms with Crippen molar-refractivity contribution in [2.45, 2.75) is 69.9 Å². The third-order valence-corrected chi connectivity index (χ3v) is 4.38. The van der Waals surface area contributed by atoms with E-state index in [-0.39, 0.29) is 12.1 Å². The van der Waals surface area contributed by atoms with Crippen molar-refractivity contribution in [1.29, 1.82) is 0 Å². The van der Waals surface area contributed by atoms with Gasteiger partial charge >= 0.3 is 0 Å². The Morgan fingerprint density at radius 3 is 2.39 bits per heavy atom. The maximum absolute atomic E-state index is 9.57. The molecule has 0 amide bonds. The third-order valence-electron chi connectivity index (χ3n) is 4.38. The molecule has 0 aromatic rings. The van der Waals surface area contributed by atoms with E-state index in [0.29, 0.717) is 6.04 Å². The van der Waals surface area contributed by atoms with Crippen LogP contribution in [0, 0.1) is 0 Å². The van der Waals surface area contributed by atoms with Crippen LogP contribution in [-0.2, 0) is 0 Å². The molecule has 106 valence electrons. The van der Waals surface area contributed by atoms with Gasteiger partial charge in [0.2, 0.25) is 0 Å². The highest BCUT2D eigenvalue weighted by atomic mass is 16.3. The Balaban J connectivity index is 1.65. The van der Waals surface area contributed by atoms with Crippen LogP contribution in [0.15, 0.2) is 0 Å². The average Bonchev–Trinajstić information content (AvgIpc) is 3.17. The van der Waals surface area contributed by atoms with E-state index in [9.17, 15) is 5.11 Å². The van der Waals surface area contributed by atoms with Crippen LogP contribution in [0.25, 0.3) is 0 Å². The van der Waals surface area contributed by atoms with Crippen LogP contribution in [0.3, 0.4) is 0 Å². The van der Waals surface area contributed by atoms with Crippen molar-refractivity contribution in [2.75, 3.05) is 26.2 Å². The van der Waals surface area contributed by atoms with Gasteiger partial charge in [-0.15, -0.1) is 0 Å². The Morgan fingerprint density at radius 2 is 1.83 bits per heavy atom. The van der Waals surface area contributed by atoms with Crippen LogP contribution in [0.4, 0.5) is 0 Å². The summed E-state index contributed by atoms with van der Waals surface area (Å²) in [4.78, 5) is 2.61. The second-order valence-corrected chi connectivity index (χ2v) is 6.50. The zero-order valence-corrected chi connectivity index (χ0v) is 12.0. The minimum Gasteiger partial charge on any atom is -0.394 e. The standard InChI is InChI=1S/C15H30N2O/c1-15(13-18,16-14-7-8-14)9-6-12-17-10-4-2-3-5-11-17/h14,16,18H,2-13H2,1H3.